The zero-order valence-electron chi connectivity index (χ0n) is 8.23. The van der Waals surface area contributed by atoms with Gasteiger partial charge < -0.3 is 10.8 Å². The second-order valence-electron chi connectivity index (χ2n) is 3.32. The molecule has 0 radical (unpaired) electrons. The lowest BCUT2D eigenvalue weighted by molar-refractivity contribution is -0.138. The van der Waals surface area contributed by atoms with Gasteiger partial charge in [0, 0.05) is 0 Å². The molecule has 1 atom stereocenters. The molecule has 0 saturated heterocycles. The highest BCUT2D eigenvalue weighted by Gasteiger charge is 2.19. The van der Waals surface area contributed by atoms with E-state index in [-0.39, 0.29) is 0 Å². The molecule has 0 saturated carbocycles. The molecule has 3 nitrogen and oxygen atoms in total. The number of hydrogen-bond donors (Lipinski definition) is 2. The Morgan fingerprint density at radius 3 is 2.64 bits per heavy atom. The number of aryl methyl sites for hydroxylation is 1. The molecule has 1 aromatic carbocycles. The van der Waals surface area contributed by atoms with Crippen molar-refractivity contribution in [2.45, 2.75) is 19.3 Å². The Labute approximate surface area is 83.6 Å². The molecule has 0 aromatic heterocycles. The summed E-state index contributed by atoms with van der Waals surface area (Å²) in [5.74, 6) is -1.27. The van der Waals surface area contributed by atoms with Crippen molar-refractivity contribution in [3.8, 4) is 0 Å². The lowest BCUT2D eigenvalue weighted by Gasteiger charge is -2.13. The van der Waals surface area contributed by atoms with E-state index in [1.54, 1.807) is 0 Å². The summed E-state index contributed by atoms with van der Waals surface area (Å²) in [5, 5.41) is 9.03. The van der Waals surface area contributed by atoms with Gasteiger partial charge in [-0.1, -0.05) is 24.3 Å². The summed E-state index contributed by atoms with van der Waals surface area (Å²) in [6, 6.07) is 7.53. The number of carbonyl (C=O) groups is 1. The van der Waals surface area contributed by atoms with Gasteiger partial charge in [-0.2, -0.15) is 0 Å². The Morgan fingerprint density at radius 2 is 2.14 bits per heavy atom. The first-order valence-corrected chi connectivity index (χ1v) is 4.65. The Morgan fingerprint density at radius 1 is 1.50 bits per heavy atom. The van der Waals surface area contributed by atoms with Crippen LogP contribution in [0.3, 0.4) is 0 Å². The average molecular weight is 193 g/mol. The first-order chi connectivity index (χ1) is 6.66. The normalized spacial score (nSPS) is 12.4. The van der Waals surface area contributed by atoms with Crippen LogP contribution in [0.4, 0.5) is 0 Å². The molecule has 3 N–H and O–H groups in total. The lowest BCUT2D eigenvalue weighted by Crippen LogP contribution is -2.16. The van der Waals surface area contributed by atoms with E-state index >= 15 is 0 Å². The largest absolute Gasteiger partial charge is 0.481 e. The molecule has 76 valence electrons. The molecule has 1 rings (SSSR count). The minimum absolute atomic E-state index is 0.394. The molecule has 1 aromatic rings. The van der Waals surface area contributed by atoms with Crippen molar-refractivity contribution in [1.82, 2.24) is 0 Å². The van der Waals surface area contributed by atoms with Crippen LogP contribution in [0, 0.1) is 6.92 Å². The van der Waals surface area contributed by atoms with Gasteiger partial charge in [0.25, 0.3) is 0 Å². The van der Waals surface area contributed by atoms with Crippen LogP contribution in [0.15, 0.2) is 24.3 Å². The molecule has 0 fully saturated rings. The Hall–Kier alpha value is -1.35. The van der Waals surface area contributed by atoms with Crippen molar-refractivity contribution in [2.24, 2.45) is 5.73 Å². The minimum Gasteiger partial charge on any atom is -0.481 e. The third-order valence-electron chi connectivity index (χ3n) is 2.32. The van der Waals surface area contributed by atoms with E-state index in [0.717, 1.165) is 11.1 Å². The van der Waals surface area contributed by atoms with Gasteiger partial charge >= 0.3 is 5.97 Å². The first kappa shape index (κ1) is 10.7. The maximum Gasteiger partial charge on any atom is 0.311 e. The fourth-order valence-corrected chi connectivity index (χ4v) is 1.56. The van der Waals surface area contributed by atoms with E-state index in [0.29, 0.717) is 13.0 Å². The van der Waals surface area contributed by atoms with Crippen LogP contribution in [0.2, 0.25) is 0 Å². The van der Waals surface area contributed by atoms with Crippen LogP contribution in [0.1, 0.15) is 23.5 Å². The molecule has 0 aliphatic carbocycles. The van der Waals surface area contributed by atoms with Crippen LogP contribution < -0.4 is 5.73 Å². The summed E-state index contributed by atoms with van der Waals surface area (Å²) in [5.41, 5.74) is 7.27. The number of benzene rings is 1. The van der Waals surface area contributed by atoms with Crippen molar-refractivity contribution in [1.29, 1.82) is 0 Å². The summed E-state index contributed by atoms with van der Waals surface area (Å²) in [6.07, 6.45) is 0.486. The fourth-order valence-electron chi connectivity index (χ4n) is 1.56. The molecular formula is C11H15NO2. The zero-order chi connectivity index (χ0) is 10.6. The van der Waals surface area contributed by atoms with Crippen molar-refractivity contribution in [3.05, 3.63) is 35.4 Å². The van der Waals surface area contributed by atoms with Gasteiger partial charge in [0.2, 0.25) is 0 Å². The van der Waals surface area contributed by atoms with Crippen molar-refractivity contribution in [3.63, 3.8) is 0 Å². The SMILES string of the molecule is Cc1ccccc1C(CCN)C(=O)O. The first-order valence-electron chi connectivity index (χ1n) is 4.65. The Balaban J connectivity index is 2.99. The van der Waals surface area contributed by atoms with E-state index in [9.17, 15) is 4.79 Å². The van der Waals surface area contributed by atoms with Gasteiger partial charge in [0.05, 0.1) is 5.92 Å². The second-order valence-corrected chi connectivity index (χ2v) is 3.32. The minimum atomic E-state index is -0.801. The maximum absolute atomic E-state index is 11.0. The average Bonchev–Trinajstić information content (AvgIpc) is 2.15. The molecule has 0 aliphatic rings. The van der Waals surface area contributed by atoms with E-state index < -0.39 is 11.9 Å². The van der Waals surface area contributed by atoms with Crippen molar-refractivity contribution in [2.75, 3.05) is 6.54 Å². The molecule has 0 aliphatic heterocycles. The monoisotopic (exact) mass is 193 g/mol. The van der Waals surface area contributed by atoms with E-state index in [1.165, 1.54) is 0 Å². The molecule has 3 heteroatoms. The summed E-state index contributed by atoms with van der Waals surface area (Å²) < 4.78 is 0. The highest BCUT2D eigenvalue weighted by molar-refractivity contribution is 5.76. The number of carboxylic acids is 1. The standard InChI is InChI=1S/C11H15NO2/c1-8-4-2-3-5-9(8)10(6-7-12)11(13)14/h2-5,10H,6-7,12H2,1H3,(H,13,14). The Kier molecular flexibility index (Phi) is 3.65. The molecule has 14 heavy (non-hydrogen) atoms. The van der Waals surface area contributed by atoms with E-state index in [1.807, 2.05) is 31.2 Å². The van der Waals surface area contributed by atoms with Gasteiger partial charge in [-0.25, -0.2) is 0 Å². The summed E-state index contributed by atoms with van der Waals surface area (Å²) in [7, 11) is 0. The summed E-state index contributed by atoms with van der Waals surface area (Å²) in [6.45, 7) is 2.31. The predicted octanol–water partition coefficient (Wildman–Crippen LogP) is 1.51. The van der Waals surface area contributed by atoms with E-state index in [2.05, 4.69) is 0 Å². The predicted molar refractivity (Wildman–Crippen MR) is 55.2 cm³/mol. The molecule has 0 bridgehead atoms. The molecule has 0 amide bonds. The highest BCUT2D eigenvalue weighted by Crippen LogP contribution is 2.22. The van der Waals surface area contributed by atoms with Crippen LogP contribution in [-0.4, -0.2) is 17.6 Å². The highest BCUT2D eigenvalue weighted by atomic mass is 16.4. The topological polar surface area (TPSA) is 63.3 Å². The molecular weight excluding hydrogens is 178 g/mol. The maximum atomic E-state index is 11.0. The summed E-state index contributed by atoms with van der Waals surface area (Å²) in [4.78, 5) is 11.0. The molecule has 0 spiro atoms. The molecule has 1 unspecified atom stereocenters. The second kappa shape index (κ2) is 4.77. The van der Waals surface area contributed by atoms with Crippen LogP contribution in [0.25, 0.3) is 0 Å². The number of nitrogens with two attached hydrogens (primary N) is 1. The third kappa shape index (κ3) is 2.33. The van der Waals surface area contributed by atoms with Crippen LogP contribution >= 0.6 is 0 Å². The zero-order valence-corrected chi connectivity index (χ0v) is 8.23. The third-order valence-corrected chi connectivity index (χ3v) is 2.32. The number of hydrogen-bond acceptors (Lipinski definition) is 2. The van der Waals surface area contributed by atoms with Gasteiger partial charge in [-0.05, 0) is 31.0 Å². The van der Waals surface area contributed by atoms with Gasteiger partial charge in [-0.15, -0.1) is 0 Å². The van der Waals surface area contributed by atoms with E-state index in [4.69, 9.17) is 10.8 Å². The Bertz CT molecular complexity index is 323. The number of rotatable bonds is 4. The van der Waals surface area contributed by atoms with Gasteiger partial charge in [0.1, 0.15) is 0 Å². The summed E-state index contributed by atoms with van der Waals surface area (Å²) >= 11 is 0. The van der Waals surface area contributed by atoms with Crippen LogP contribution in [-0.2, 0) is 4.79 Å². The number of carboxylic acid groups (broad SMARTS) is 1. The molecule has 0 heterocycles. The van der Waals surface area contributed by atoms with Crippen molar-refractivity contribution < 1.29 is 9.90 Å². The smallest absolute Gasteiger partial charge is 0.311 e. The lowest BCUT2D eigenvalue weighted by atomic mass is 9.92. The van der Waals surface area contributed by atoms with Crippen LogP contribution in [0.5, 0.6) is 0 Å². The van der Waals surface area contributed by atoms with Gasteiger partial charge in [0.15, 0.2) is 0 Å². The van der Waals surface area contributed by atoms with Gasteiger partial charge in [-0.3, -0.25) is 4.79 Å². The quantitative estimate of drug-likeness (QED) is 0.761. The van der Waals surface area contributed by atoms with Crippen molar-refractivity contribution >= 4 is 5.97 Å². The fraction of sp³-hybridized carbons (Fsp3) is 0.364. The number of aliphatic carboxylic acids is 1.